The Bertz CT molecular complexity index is 649. The van der Waals surface area contributed by atoms with Gasteiger partial charge in [0.15, 0.2) is 5.76 Å². The summed E-state index contributed by atoms with van der Waals surface area (Å²) >= 11 is 0. The van der Waals surface area contributed by atoms with Crippen molar-refractivity contribution in [2.45, 2.75) is 12.6 Å². The highest BCUT2D eigenvalue weighted by Gasteiger charge is 2.32. The summed E-state index contributed by atoms with van der Waals surface area (Å²) in [6, 6.07) is 4.36. The van der Waals surface area contributed by atoms with E-state index in [9.17, 15) is 14.7 Å². The number of carboxylic acids is 1. The Labute approximate surface area is 119 Å². The predicted molar refractivity (Wildman–Crippen MR) is 69.0 cm³/mol. The number of hydrogen-bond acceptors (Lipinski definition) is 6. The average Bonchev–Trinajstić information content (AvgIpc) is 3.08. The van der Waals surface area contributed by atoms with Gasteiger partial charge in [0, 0.05) is 19.2 Å². The fourth-order valence-electron chi connectivity index (χ4n) is 2.23. The van der Waals surface area contributed by atoms with E-state index < -0.39 is 12.0 Å². The number of rotatable bonds is 4. The highest BCUT2D eigenvalue weighted by atomic mass is 16.5. The van der Waals surface area contributed by atoms with Crippen molar-refractivity contribution in [3.05, 3.63) is 30.2 Å². The van der Waals surface area contributed by atoms with Crippen LogP contribution in [-0.4, -0.2) is 46.2 Å². The molecule has 1 fully saturated rings. The average molecular weight is 291 g/mol. The highest BCUT2D eigenvalue weighted by Crippen LogP contribution is 2.21. The number of carboxylic acid groups (broad SMARTS) is 1. The monoisotopic (exact) mass is 291 g/mol. The Hall–Kier alpha value is -2.61. The molecule has 1 amide bonds. The van der Waals surface area contributed by atoms with Gasteiger partial charge in [-0.2, -0.15) is 0 Å². The van der Waals surface area contributed by atoms with Gasteiger partial charge in [-0.25, -0.2) is 0 Å². The van der Waals surface area contributed by atoms with Crippen LogP contribution >= 0.6 is 0 Å². The molecule has 8 nitrogen and oxygen atoms in total. The van der Waals surface area contributed by atoms with Gasteiger partial charge in [0.25, 0.3) is 0 Å². The van der Waals surface area contributed by atoms with E-state index in [0.717, 1.165) is 0 Å². The van der Waals surface area contributed by atoms with Gasteiger partial charge >= 0.3 is 5.97 Å². The Balaban J connectivity index is 1.75. The molecule has 0 aliphatic carbocycles. The molecule has 2 aromatic heterocycles. The zero-order chi connectivity index (χ0) is 14.8. The van der Waals surface area contributed by atoms with E-state index in [4.69, 9.17) is 8.94 Å². The van der Waals surface area contributed by atoms with Crippen LogP contribution in [0.3, 0.4) is 0 Å². The molecule has 1 unspecified atom stereocenters. The first-order valence-electron chi connectivity index (χ1n) is 6.36. The summed E-state index contributed by atoms with van der Waals surface area (Å²) in [4.78, 5) is 24.2. The maximum Gasteiger partial charge on any atom is 0.322 e. The van der Waals surface area contributed by atoms with E-state index in [0.29, 0.717) is 17.2 Å². The fraction of sp³-hybridized carbons (Fsp3) is 0.308. The van der Waals surface area contributed by atoms with Crippen LogP contribution in [0.15, 0.2) is 33.4 Å². The third kappa shape index (κ3) is 2.79. The fourth-order valence-corrected chi connectivity index (χ4v) is 2.23. The van der Waals surface area contributed by atoms with Crippen molar-refractivity contribution in [1.29, 1.82) is 0 Å². The minimum atomic E-state index is -0.982. The second kappa shape index (κ2) is 5.41. The van der Waals surface area contributed by atoms with Gasteiger partial charge in [-0.1, -0.05) is 5.16 Å². The summed E-state index contributed by atoms with van der Waals surface area (Å²) < 4.78 is 10.3. The molecule has 0 bridgehead atoms. The smallest absolute Gasteiger partial charge is 0.322 e. The van der Waals surface area contributed by atoms with Gasteiger partial charge in [0.05, 0.1) is 18.5 Å². The number of nitrogens with zero attached hydrogens (tertiary/aromatic N) is 2. The number of aliphatic carboxylic acids is 1. The summed E-state index contributed by atoms with van der Waals surface area (Å²) in [6.07, 6.45) is 1.52. The largest absolute Gasteiger partial charge is 0.480 e. The number of carbonyl (C=O) groups is 2. The van der Waals surface area contributed by atoms with Crippen molar-refractivity contribution in [3.63, 3.8) is 0 Å². The number of hydrogen-bond donors (Lipinski definition) is 2. The first-order chi connectivity index (χ1) is 10.1. The second-order valence-corrected chi connectivity index (χ2v) is 4.72. The van der Waals surface area contributed by atoms with Crippen LogP contribution in [0.2, 0.25) is 0 Å². The Morgan fingerprint density at radius 1 is 1.52 bits per heavy atom. The van der Waals surface area contributed by atoms with Crippen molar-refractivity contribution < 1.29 is 23.6 Å². The minimum Gasteiger partial charge on any atom is -0.480 e. The Kier molecular flexibility index (Phi) is 3.44. The predicted octanol–water partition coefficient (Wildman–Crippen LogP) is 0.320. The molecule has 21 heavy (non-hydrogen) atoms. The normalized spacial score (nSPS) is 19.4. The molecule has 1 aliphatic heterocycles. The molecule has 110 valence electrons. The van der Waals surface area contributed by atoms with Gasteiger partial charge < -0.3 is 19.4 Å². The molecular weight excluding hydrogens is 278 g/mol. The molecule has 8 heteroatoms. The van der Waals surface area contributed by atoms with E-state index in [2.05, 4.69) is 10.5 Å². The second-order valence-electron chi connectivity index (χ2n) is 4.72. The molecule has 3 heterocycles. The lowest BCUT2D eigenvalue weighted by Gasteiger charge is -2.31. The molecule has 1 saturated heterocycles. The number of amides is 1. The van der Waals surface area contributed by atoms with Gasteiger partial charge in [-0.3, -0.25) is 14.5 Å². The van der Waals surface area contributed by atoms with Crippen LogP contribution in [0.1, 0.15) is 5.69 Å². The van der Waals surface area contributed by atoms with Crippen LogP contribution < -0.4 is 5.32 Å². The van der Waals surface area contributed by atoms with Gasteiger partial charge in [0.2, 0.25) is 11.7 Å². The molecule has 2 aromatic rings. The summed E-state index contributed by atoms with van der Waals surface area (Å²) in [6.45, 7) is 0.311. The van der Waals surface area contributed by atoms with Crippen molar-refractivity contribution in [2.24, 2.45) is 0 Å². The molecule has 0 spiro atoms. The molecule has 2 N–H and O–H groups in total. The number of aromatic nitrogens is 1. The van der Waals surface area contributed by atoms with Gasteiger partial charge in [-0.05, 0) is 12.1 Å². The van der Waals surface area contributed by atoms with Crippen molar-refractivity contribution in [3.8, 4) is 11.5 Å². The van der Waals surface area contributed by atoms with Crippen LogP contribution in [0.5, 0.6) is 0 Å². The highest BCUT2D eigenvalue weighted by molar-refractivity contribution is 5.83. The van der Waals surface area contributed by atoms with E-state index in [1.54, 1.807) is 23.1 Å². The van der Waals surface area contributed by atoms with E-state index in [-0.39, 0.29) is 25.5 Å². The number of piperazine rings is 1. The summed E-state index contributed by atoms with van der Waals surface area (Å²) in [7, 11) is 0. The number of carbonyl (C=O) groups excluding carboxylic acids is 1. The Morgan fingerprint density at radius 2 is 2.38 bits per heavy atom. The summed E-state index contributed by atoms with van der Waals surface area (Å²) in [5.74, 6) is -0.185. The molecule has 1 aliphatic rings. The van der Waals surface area contributed by atoms with E-state index in [1.165, 1.54) is 6.26 Å². The number of furan rings is 1. The topological polar surface area (TPSA) is 109 Å². The zero-order valence-electron chi connectivity index (χ0n) is 11.0. The molecule has 0 saturated carbocycles. The van der Waals surface area contributed by atoms with E-state index >= 15 is 0 Å². The van der Waals surface area contributed by atoms with Crippen molar-refractivity contribution >= 4 is 11.9 Å². The lowest BCUT2D eigenvalue weighted by Crippen LogP contribution is -2.56. The molecule has 0 aromatic carbocycles. The number of nitrogens with one attached hydrogen (secondary N) is 1. The SMILES string of the molecule is O=C1CN(Cc2cc(-c3ccco3)on2)C(C(=O)O)CN1. The molecule has 3 rings (SSSR count). The van der Waals surface area contributed by atoms with Crippen LogP contribution in [-0.2, 0) is 16.1 Å². The first kappa shape index (κ1) is 13.4. The zero-order valence-corrected chi connectivity index (χ0v) is 11.0. The molecule has 1 atom stereocenters. The summed E-state index contributed by atoms with van der Waals surface area (Å²) in [5, 5.41) is 15.6. The molecular formula is C13H13N3O5. The van der Waals surface area contributed by atoms with E-state index in [1.807, 2.05) is 0 Å². The third-order valence-corrected chi connectivity index (χ3v) is 3.25. The van der Waals surface area contributed by atoms with Crippen LogP contribution in [0.25, 0.3) is 11.5 Å². The van der Waals surface area contributed by atoms with Crippen molar-refractivity contribution in [1.82, 2.24) is 15.4 Å². The first-order valence-corrected chi connectivity index (χ1v) is 6.36. The van der Waals surface area contributed by atoms with Gasteiger partial charge in [-0.15, -0.1) is 0 Å². The quantitative estimate of drug-likeness (QED) is 0.834. The maximum absolute atomic E-state index is 11.4. The molecule has 0 radical (unpaired) electrons. The lowest BCUT2D eigenvalue weighted by molar-refractivity contribution is -0.146. The lowest BCUT2D eigenvalue weighted by atomic mass is 10.1. The Morgan fingerprint density at radius 3 is 3.10 bits per heavy atom. The minimum absolute atomic E-state index is 0.0138. The van der Waals surface area contributed by atoms with Crippen molar-refractivity contribution in [2.75, 3.05) is 13.1 Å². The third-order valence-electron chi connectivity index (χ3n) is 3.25. The van der Waals surface area contributed by atoms with Crippen LogP contribution in [0, 0.1) is 0 Å². The van der Waals surface area contributed by atoms with Gasteiger partial charge in [0.1, 0.15) is 6.04 Å². The van der Waals surface area contributed by atoms with Crippen LogP contribution in [0.4, 0.5) is 0 Å². The summed E-state index contributed by atoms with van der Waals surface area (Å²) in [5.41, 5.74) is 0.544. The maximum atomic E-state index is 11.4. The standard InChI is InChI=1S/C13H13N3O5/c17-12-7-16(9(5-14-12)13(18)19)6-8-4-11(21-15-8)10-2-1-3-20-10/h1-4,9H,5-7H2,(H,14,17)(H,18,19).